The van der Waals surface area contributed by atoms with Gasteiger partial charge in [0.15, 0.2) is 0 Å². The lowest BCUT2D eigenvalue weighted by molar-refractivity contribution is 0.408. The second-order valence-corrected chi connectivity index (χ2v) is 3.04. The van der Waals surface area contributed by atoms with Crippen molar-refractivity contribution in [1.82, 2.24) is 4.31 Å². The van der Waals surface area contributed by atoms with Gasteiger partial charge in [0.2, 0.25) is 0 Å². The molecule has 0 radical (unpaired) electrons. The van der Waals surface area contributed by atoms with Gasteiger partial charge in [0.1, 0.15) is 6.67 Å². The van der Waals surface area contributed by atoms with Crippen LogP contribution in [0, 0.1) is 0 Å². The van der Waals surface area contributed by atoms with E-state index >= 15 is 0 Å². The third kappa shape index (κ3) is 1.55. The van der Waals surface area contributed by atoms with Crippen LogP contribution in [0.3, 0.4) is 0 Å². The maximum atomic E-state index is 10.3. The fourth-order valence-corrected chi connectivity index (χ4v) is 0.957. The Balaban J connectivity index is 2.79. The Morgan fingerprint density at radius 2 is 2.30 bits per heavy atom. The van der Waals surface area contributed by atoms with E-state index in [9.17, 15) is 8.42 Å². The van der Waals surface area contributed by atoms with Crippen LogP contribution in [0.4, 0.5) is 0 Å². The number of hydrogen-bond acceptors (Lipinski definition) is 3. The van der Waals surface area contributed by atoms with Crippen molar-refractivity contribution in [2.45, 2.75) is 0 Å². The zero-order chi connectivity index (χ0) is 7.61. The van der Waals surface area contributed by atoms with E-state index in [0.29, 0.717) is 0 Å². The van der Waals surface area contributed by atoms with Crippen molar-refractivity contribution < 1.29 is 13.0 Å². The van der Waals surface area contributed by atoms with Crippen LogP contribution >= 0.6 is 0 Å². The topological polar surface area (TPSA) is 70.0 Å². The second kappa shape index (κ2) is 2.39. The molecule has 0 unspecified atom stereocenters. The first kappa shape index (κ1) is 7.23. The molecular formula is C4H6N2O3S. The summed E-state index contributed by atoms with van der Waals surface area (Å²) >= 11 is 0. The Kier molecular flexibility index (Phi) is 1.73. The molecule has 1 N–H and O–H groups in total. The summed E-state index contributed by atoms with van der Waals surface area (Å²) < 4.78 is 29.8. The molecule has 10 heavy (non-hydrogen) atoms. The average Bonchev–Trinajstić information content (AvgIpc) is 1.88. The number of aliphatic imine (C=N–C) groups is 1. The van der Waals surface area contributed by atoms with E-state index in [0.717, 1.165) is 4.31 Å². The largest absolute Gasteiger partial charge is 0.361 e. The van der Waals surface area contributed by atoms with E-state index in [1.807, 2.05) is 0 Å². The van der Waals surface area contributed by atoms with Crippen LogP contribution in [0.5, 0.6) is 0 Å². The summed E-state index contributed by atoms with van der Waals surface area (Å²) in [7, 11) is -4.09. The van der Waals surface area contributed by atoms with E-state index in [4.69, 9.17) is 4.55 Å². The minimum atomic E-state index is -4.09. The van der Waals surface area contributed by atoms with E-state index in [2.05, 4.69) is 4.99 Å². The molecule has 0 fully saturated rings. The molecule has 0 saturated heterocycles. The van der Waals surface area contributed by atoms with Gasteiger partial charge in [-0.15, -0.1) is 0 Å². The smallest absolute Gasteiger partial charge is 0.271 e. The predicted octanol–water partition coefficient (Wildman–Crippen LogP) is -0.353. The van der Waals surface area contributed by atoms with E-state index in [1.54, 1.807) is 0 Å². The molecule has 0 spiro atoms. The highest BCUT2D eigenvalue weighted by atomic mass is 32.2. The standard InChI is InChI=1S/C4H6N2O3S/c7-10(8,9)6-3-1-2-5-4-6/h1-3H,4H2,(H,7,8,9). The molecule has 0 saturated carbocycles. The first-order valence-electron chi connectivity index (χ1n) is 2.51. The minimum Gasteiger partial charge on any atom is -0.271 e. The highest BCUT2D eigenvalue weighted by Crippen LogP contribution is 2.00. The van der Waals surface area contributed by atoms with Gasteiger partial charge in [-0.2, -0.15) is 8.42 Å². The third-order valence-corrected chi connectivity index (χ3v) is 1.79. The van der Waals surface area contributed by atoms with Gasteiger partial charge in [0.05, 0.1) is 0 Å². The SMILES string of the molecule is O=S(=O)(O)N1C=CC=NC1. The molecule has 0 bridgehead atoms. The lowest BCUT2D eigenvalue weighted by Gasteiger charge is -2.14. The maximum absolute atomic E-state index is 10.3. The van der Waals surface area contributed by atoms with Crippen molar-refractivity contribution in [2.24, 2.45) is 4.99 Å². The van der Waals surface area contributed by atoms with Crippen LogP contribution in [0.15, 0.2) is 17.3 Å². The van der Waals surface area contributed by atoms with Gasteiger partial charge in [-0.25, -0.2) is 4.31 Å². The van der Waals surface area contributed by atoms with Gasteiger partial charge >= 0.3 is 10.3 Å². The molecule has 1 heterocycles. The molecule has 0 aromatic carbocycles. The summed E-state index contributed by atoms with van der Waals surface area (Å²) in [6, 6.07) is 0. The monoisotopic (exact) mass is 162 g/mol. The minimum absolute atomic E-state index is 0.0463. The molecule has 0 atom stereocenters. The Bertz CT molecular complexity index is 266. The number of rotatable bonds is 1. The van der Waals surface area contributed by atoms with E-state index in [-0.39, 0.29) is 6.67 Å². The molecule has 1 aliphatic rings. The van der Waals surface area contributed by atoms with Crippen LogP contribution < -0.4 is 0 Å². The summed E-state index contributed by atoms with van der Waals surface area (Å²) in [5.41, 5.74) is 0. The lowest BCUT2D eigenvalue weighted by Crippen LogP contribution is -2.26. The third-order valence-electron chi connectivity index (χ3n) is 0.961. The van der Waals surface area contributed by atoms with Crippen LogP contribution in [0.1, 0.15) is 0 Å². The summed E-state index contributed by atoms with van der Waals surface area (Å²) in [5, 5.41) is 0. The van der Waals surface area contributed by atoms with Crippen LogP contribution in [-0.4, -0.2) is 30.2 Å². The van der Waals surface area contributed by atoms with Gasteiger partial charge < -0.3 is 0 Å². The zero-order valence-corrected chi connectivity index (χ0v) is 5.82. The van der Waals surface area contributed by atoms with Gasteiger partial charge in [-0.05, 0) is 6.08 Å². The Hall–Kier alpha value is -0.880. The highest BCUT2D eigenvalue weighted by Gasteiger charge is 2.13. The van der Waals surface area contributed by atoms with Crippen molar-refractivity contribution in [3.05, 3.63) is 12.3 Å². The molecule has 56 valence electrons. The zero-order valence-electron chi connectivity index (χ0n) is 5.01. The Morgan fingerprint density at radius 3 is 2.60 bits per heavy atom. The molecule has 1 aliphatic heterocycles. The molecule has 0 amide bonds. The molecule has 0 aliphatic carbocycles. The van der Waals surface area contributed by atoms with Crippen LogP contribution in [0.25, 0.3) is 0 Å². The van der Waals surface area contributed by atoms with Crippen LogP contribution in [-0.2, 0) is 10.3 Å². The summed E-state index contributed by atoms with van der Waals surface area (Å²) in [6.45, 7) is -0.0463. The highest BCUT2D eigenvalue weighted by molar-refractivity contribution is 7.83. The van der Waals surface area contributed by atoms with Crippen molar-refractivity contribution in [1.29, 1.82) is 0 Å². The molecule has 6 heteroatoms. The first-order valence-corrected chi connectivity index (χ1v) is 3.91. The molecule has 0 aromatic rings. The number of hydrogen-bond donors (Lipinski definition) is 1. The van der Waals surface area contributed by atoms with Gasteiger partial charge in [0, 0.05) is 12.4 Å². The fraction of sp³-hybridized carbons (Fsp3) is 0.250. The van der Waals surface area contributed by atoms with Gasteiger partial charge in [0.25, 0.3) is 0 Å². The molecular weight excluding hydrogens is 156 g/mol. The van der Waals surface area contributed by atoms with Crippen LogP contribution in [0.2, 0.25) is 0 Å². The quantitative estimate of drug-likeness (QED) is 0.535. The van der Waals surface area contributed by atoms with Gasteiger partial charge in [-0.1, -0.05) is 0 Å². The van der Waals surface area contributed by atoms with E-state index in [1.165, 1.54) is 18.5 Å². The van der Waals surface area contributed by atoms with Crippen molar-refractivity contribution in [2.75, 3.05) is 6.67 Å². The average molecular weight is 162 g/mol. The second-order valence-electron chi connectivity index (χ2n) is 1.68. The first-order chi connectivity index (χ1) is 4.61. The van der Waals surface area contributed by atoms with Gasteiger partial charge in [-0.3, -0.25) is 9.55 Å². The van der Waals surface area contributed by atoms with Crippen molar-refractivity contribution in [3.8, 4) is 0 Å². The summed E-state index contributed by atoms with van der Waals surface area (Å²) in [4.78, 5) is 3.60. The molecule has 5 nitrogen and oxygen atoms in total. The molecule has 0 aromatic heterocycles. The van der Waals surface area contributed by atoms with E-state index < -0.39 is 10.3 Å². The maximum Gasteiger partial charge on any atom is 0.361 e. The number of nitrogens with zero attached hydrogens (tertiary/aromatic N) is 2. The summed E-state index contributed by atoms with van der Waals surface area (Å²) in [6.07, 6.45) is 4.13. The fourth-order valence-electron chi connectivity index (χ4n) is 0.520. The lowest BCUT2D eigenvalue weighted by atomic mass is 10.6. The summed E-state index contributed by atoms with van der Waals surface area (Å²) in [5.74, 6) is 0. The predicted molar refractivity (Wildman–Crippen MR) is 35.9 cm³/mol. The van der Waals surface area contributed by atoms with Crippen molar-refractivity contribution >= 4 is 16.5 Å². The molecule has 1 rings (SSSR count). The van der Waals surface area contributed by atoms with Crippen molar-refractivity contribution in [3.63, 3.8) is 0 Å². The Labute approximate surface area is 58.6 Å². The number of allylic oxidation sites excluding steroid dienone is 1. The normalized spacial score (nSPS) is 17.9. The Morgan fingerprint density at radius 1 is 1.60 bits per heavy atom.